The highest BCUT2D eigenvalue weighted by Gasteiger charge is 2.15. The van der Waals surface area contributed by atoms with E-state index in [1.165, 1.54) is 6.42 Å². The highest BCUT2D eigenvalue weighted by Crippen LogP contribution is 2.16. The second kappa shape index (κ2) is 6.61. The van der Waals surface area contributed by atoms with Gasteiger partial charge in [-0.15, -0.1) is 0 Å². The molecule has 1 N–H and O–H groups in total. The van der Waals surface area contributed by atoms with E-state index in [1.807, 2.05) is 13.8 Å². The fraction of sp³-hybridized carbons (Fsp3) is 0.643. The fourth-order valence-electron chi connectivity index (χ4n) is 2.33. The average Bonchev–Trinajstić information content (AvgIpc) is 2.39. The van der Waals surface area contributed by atoms with E-state index in [-0.39, 0.29) is 5.91 Å². The summed E-state index contributed by atoms with van der Waals surface area (Å²) in [5.41, 5.74) is 1.29. The van der Waals surface area contributed by atoms with Crippen LogP contribution in [0, 0.1) is 19.8 Å². The predicted octanol–water partition coefficient (Wildman–Crippen LogP) is 1.64. The first-order valence-corrected chi connectivity index (χ1v) is 6.83. The van der Waals surface area contributed by atoms with Crippen molar-refractivity contribution < 1.29 is 9.53 Å². The van der Waals surface area contributed by atoms with Crippen molar-refractivity contribution in [3.05, 3.63) is 23.3 Å². The summed E-state index contributed by atoms with van der Waals surface area (Å²) in [6.07, 6.45) is 4.89. The van der Waals surface area contributed by atoms with Gasteiger partial charge in [-0.2, -0.15) is 0 Å². The van der Waals surface area contributed by atoms with Crippen molar-refractivity contribution in [1.82, 2.24) is 15.3 Å². The van der Waals surface area contributed by atoms with Gasteiger partial charge in [0.1, 0.15) is 5.82 Å². The van der Waals surface area contributed by atoms with Crippen molar-refractivity contribution in [3.63, 3.8) is 0 Å². The smallest absolute Gasteiger partial charge is 0.254 e. The maximum Gasteiger partial charge on any atom is 0.254 e. The zero-order chi connectivity index (χ0) is 13.7. The number of aryl methyl sites for hydroxylation is 2. The summed E-state index contributed by atoms with van der Waals surface area (Å²) in [6.45, 7) is 6.03. The third kappa shape index (κ3) is 3.99. The van der Waals surface area contributed by atoms with Gasteiger partial charge in [0.25, 0.3) is 5.91 Å². The number of rotatable bonds is 4. The molecule has 1 aliphatic rings. The van der Waals surface area contributed by atoms with Gasteiger partial charge in [-0.25, -0.2) is 9.97 Å². The van der Waals surface area contributed by atoms with E-state index in [1.54, 1.807) is 6.20 Å². The lowest BCUT2D eigenvalue weighted by Crippen LogP contribution is -2.29. The first-order valence-electron chi connectivity index (χ1n) is 6.83. The second-order valence-corrected chi connectivity index (χ2v) is 5.04. The Morgan fingerprint density at radius 3 is 3.05 bits per heavy atom. The van der Waals surface area contributed by atoms with Crippen molar-refractivity contribution in [3.8, 4) is 0 Å². The van der Waals surface area contributed by atoms with Crippen molar-refractivity contribution in [2.45, 2.75) is 33.1 Å². The number of carbonyl (C=O) groups excluding carboxylic acids is 1. The van der Waals surface area contributed by atoms with Crippen molar-refractivity contribution in [1.29, 1.82) is 0 Å². The van der Waals surface area contributed by atoms with Gasteiger partial charge in [0.15, 0.2) is 0 Å². The van der Waals surface area contributed by atoms with Crippen molar-refractivity contribution in [2.75, 3.05) is 19.8 Å². The monoisotopic (exact) mass is 263 g/mol. The van der Waals surface area contributed by atoms with Crippen LogP contribution in [0.4, 0.5) is 0 Å². The van der Waals surface area contributed by atoms with E-state index < -0.39 is 0 Å². The Labute approximate surface area is 113 Å². The zero-order valence-electron chi connectivity index (χ0n) is 11.6. The molecular weight excluding hydrogens is 242 g/mol. The summed E-state index contributed by atoms with van der Waals surface area (Å²) in [5.74, 6) is 1.17. The van der Waals surface area contributed by atoms with Crippen LogP contribution in [0.25, 0.3) is 0 Å². The molecule has 5 heteroatoms. The molecule has 0 bridgehead atoms. The van der Waals surface area contributed by atoms with Gasteiger partial charge in [-0.3, -0.25) is 4.79 Å². The van der Waals surface area contributed by atoms with Crippen LogP contribution in [0.1, 0.15) is 41.1 Å². The molecule has 0 spiro atoms. The number of aromatic nitrogens is 2. The molecule has 0 aromatic carbocycles. The first kappa shape index (κ1) is 13.9. The SMILES string of the molecule is Cc1ncc(C(=O)NCCC2CCCOC2)c(C)n1. The summed E-state index contributed by atoms with van der Waals surface area (Å²) < 4.78 is 5.42. The molecule has 1 aromatic heterocycles. The third-order valence-electron chi connectivity index (χ3n) is 3.44. The van der Waals surface area contributed by atoms with E-state index in [0.29, 0.717) is 23.9 Å². The lowest BCUT2D eigenvalue weighted by molar-refractivity contribution is 0.0514. The normalized spacial score (nSPS) is 19.2. The van der Waals surface area contributed by atoms with E-state index in [2.05, 4.69) is 15.3 Å². The van der Waals surface area contributed by atoms with Gasteiger partial charge in [-0.1, -0.05) is 0 Å². The highest BCUT2D eigenvalue weighted by atomic mass is 16.5. The molecular formula is C14H21N3O2. The molecule has 1 saturated heterocycles. The van der Waals surface area contributed by atoms with Gasteiger partial charge in [0.2, 0.25) is 0 Å². The molecule has 0 radical (unpaired) electrons. The molecule has 2 heterocycles. The van der Waals surface area contributed by atoms with Crippen LogP contribution in [-0.2, 0) is 4.74 Å². The van der Waals surface area contributed by atoms with Crippen LogP contribution in [0.5, 0.6) is 0 Å². The number of carbonyl (C=O) groups is 1. The van der Waals surface area contributed by atoms with E-state index in [9.17, 15) is 4.79 Å². The number of hydrogen-bond acceptors (Lipinski definition) is 4. The number of amides is 1. The summed E-state index contributed by atoms with van der Waals surface area (Å²) in [4.78, 5) is 20.3. The number of nitrogens with one attached hydrogen (secondary N) is 1. The van der Waals surface area contributed by atoms with Crippen LogP contribution < -0.4 is 5.32 Å². The summed E-state index contributed by atoms with van der Waals surface area (Å²) >= 11 is 0. The molecule has 1 unspecified atom stereocenters. The van der Waals surface area contributed by atoms with Crippen LogP contribution >= 0.6 is 0 Å². The van der Waals surface area contributed by atoms with E-state index in [0.717, 1.165) is 31.7 Å². The van der Waals surface area contributed by atoms with Gasteiger partial charge in [0, 0.05) is 26.0 Å². The maximum absolute atomic E-state index is 12.0. The quantitative estimate of drug-likeness (QED) is 0.897. The minimum absolute atomic E-state index is 0.0887. The Morgan fingerprint density at radius 2 is 2.37 bits per heavy atom. The Morgan fingerprint density at radius 1 is 1.53 bits per heavy atom. The van der Waals surface area contributed by atoms with Crippen LogP contribution in [-0.4, -0.2) is 35.6 Å². The molecule has 1 fully saturated rings. The molecule has 104 valence electrons. The Balaban J connectivity index is 1.80. The molecule has 2 rings (SSSR count). The number of hydrogen-bond donors (Lipinski definition) is 1. The minimum Gasteiger partial charge on any atom is -0.381 e. The Bertz CT molecular complexity index is 442. The molecule has 1 atom stereocenters. The molecule has 1 aromatic rings. The van der Waals surface area contributed by atoms with Gasteiger partial charge in [-0.05, 0) is 39.0 Å². The van der Waals surface area contributed by atoms with Crippen LogP contribution in [0.3, 0.4) is 0 Å². The number of nitrogens with zero attached hydrogens (tertiary/aromatic N) is 2. The zero-order valence-corrected chi connectivity index (χ0v) is 11.6. The largest absolute Gasteiger partial charge is 0.381 e. The lowest BCUT2D eigenvalue weighted by atomic mass is 9.99. The van der Waals surface area contributed by atoms with Crippen molar-refractivity contribution >= 4 is 5.91 Å². The van der Waals surface area contributed by atoms with Gasteiger partial charge >= 0.3 is 0 Å². The minimum atomic E-state index is -0.0887. The molecule has 1 amide bonds. The number of ether oxygens (including phenoxy) is 1. The standard InChI is InChI=1S/C14H21N3O2/c1-10-13(8-16-11(2)17-10)14(18)15-6-5-12-4-3-7-19-9-12/h8,12H,3-7,9H2,1-2H3,(H,15,18). The van der Waals surface area contributed by atoms with Gasteiger partial charge < -0.3 is 10.1 Å². The Hall–Kier alpha value is -1.49. The molecule has 0 saturated carbocycles. The maximum atomic E-state index is 12.0. The molecule has 19 heavy (non-hydrogen) atoms. The second-order valence-electron chi connectivity index (χ2n) is 5.04. The first-order chi connectivity index (χ1) is 9.16. The van der Waals surface area contributed by atoms with E-state index in [4.69, 9.17) is 4.74 Å². The predicted molar refractivity (Wildman–Crippen MR) is 72.0 cm³/mol. The average molecular weight is 263 g/mol. The van der Waals surface area contributed by atoms with Crippen LogP contribution in [0.15, 0.2) is 6.20 Å². The molecule has 0 aliphatic carbocycles. The molecule has 5 nitrogen and oxygen atoms in total. The summed E-state index contributed by atoms with van der Waals surface area (Å²) in [5, 5.41) is 2.93. The lowest BCUT2D eigenvalue weighted by Gasteiger charge is -2.21. The third-order valence-corrected chi connectivity index (χ3v) is 3.44. The fourth-order valence-corrected chi connectivity index (χ4v) is 2.33. The van der Waals surface area contributed by atoms with E-state index >= 15 is 0 Å². The van der Waals surface area contributed by atoms with Crippen LogP contribution in [0.2, 0.25) is 0 Å². The summed E-state index contributed by atoms with van der Waals surface area (Å²) in [7, 11) is 0. The topological polar surface area (TPSA) is 64.1 Å². The molecule has 1 aliphatic heterocycles. The summed E-state index contributed by atoms with van der Waals surface area (Å²) in [6, 6.07) is 0. The highest BCUT2D eigenvalue weighted by molar-refractivity contribution is 5.94. The van der Waals surface area contributed by atoms with Gasteiger partial charge in [0.05, 0.1) is 11.3 Å². The van der Waals surface area contributed by atoms with Crippen molar-refractivity contribution in [2.24, 2.45) is 5.92 Å². The Kier molecular flexibility index (Phi) is 4.85.